The van der Waals surface area contributed by atoms with Gasteiger partial charge in [0.2, 0.25) is 0 Å². The molecular formula is C12H20N2O3. The Morgan fingerprint density at radius 2 is 2.12 bits per heavy atom. The van der Waals surface area contributed by atoms with Crippen molar-refractivity contribution >= 4 is 12.0 Å². The van der Waals surface area contributed by atoms with E-state index in [2.05, 4.69) is 10.6 Å². The number of ether oxygens (including phenoxy) is 1. The molecule has 0 aliphatic carbocycles. The van der Waals surface area contributed by atoms with Crippen LogP contribution in [0.5, 0.6) is 0 Å². The molecule has 1 heterocycles. The molecule has 0 fully saturated rings. The maximum atomic E-state index is 11.9. The number of allylic oxidation sites excluding steroid dienone is 1. The van der Waals surface area contributed by atoms with Gasteiger partial charge in [0.25, 0.3) is 0 Å². The molecule has 5 heteroatoms. The molecule has 2 N–H and O–H groups in total. The molecule has 2 amide bonds. The Morgan fingerprint density at radius 3 is 2.65 bits per heavy atom. The molecule has 2 atom stereocenters. The minimum absolute atomic E-state index is 0.190. The average Bonchev–Trinajstić information content (AvgIpc) is 2.27. The Hall–Kier alpha value is -1.52. The van der Waals surface area contributed by atoms with Crippen molar-refractivity contribution in [3.8, 4) is 0 Å². The Bertz CT molecular complexity index is 350. The normalized spacial score (nSPS) is 21.6. The smallest absolute Gasteiger partial charge is 0.337 e. The first-order chi connectivity index (χ1) is 8.01. The van der Waals surface area contributed by atoms with Gasteiger partial charge >= 0.3 is 12.0 Å². The molecule has 0 bridgehead atoms. The van der Waals surface area contributed by atoms with Crippen molar-refractivity contribution in [2.24, 2.45) is 5.92 Å². The average molecular weight is 240 g/mol. The van der Waals surface area contributed by atoms with E-state index in [1.807, 2.05) is 13.8 Å². The first kappa shape index (κ1) is 13.5. The Kier molecular flexibility index (Phi) is 4.54. The molecule has 0 aromatic carbocycles. The summed E-state index contributed by atoms with van der Waals surface area (Å²) in [5, 5.41) is 5.38. The van der Waals surface area contributed by atoms with Crippen LogP contribution in [0.1, 0.15) is 34.1 Å². The van der Waals surface area contributed by atoms with E-state index in [0.717, 1.165) is 6.42 Å². The summed E-state index contributed by atoms with van der Waals surface area (Å²) >= 11 is 0. The summed E-state index contributed by atoms with van der Waals surface area (Å²) in [7, 11) is 0. The first-order valence-corrected chi connectivity index (χ1v) is 5.96. The van der Waals surface area contributed by atoms with Crippen molar-refractivity contribution in [3.63, 3.8) is 0 Å². The van der Waals surface area contributed by atoms with Gasteiger partial charge in [0.15, 0.2) is 0 Å². The fourth-order valence-corrected chi connectivity index (χ4v) is 1.87. The zero-order valence-electron chi connectivity index (χ0n) is 10.8. The van der Waals surface area contributed by atoms with Crippen LogP contribution in [0.4, 0.5) is 4.79 Å². The van der Waals surface area contributed by atoms with Crippen molar-refractivity contribution in [2.75, 3.05) is 6.61 Å². The highest BCUT2D eigenvalue weighted by molar-refractivity contribution is 5.94. The second-order valence-corrected chi connectivity index (χ2v) is 4.22. The van der Waals surface area contributed by atoms with Crippen LogP contribution in [0.15, 0.2) is 11.3 Å². The van der Waals surface area contributed by atoms with Gasteiger partial charge in [-0.05, 0) is 19.8 Å². The maximum absolute atomic E-state index is 11.9. The summed E-state index contributed by atoms with van der Waals surface area (Å²) in [4.78, 5) is 23.3. The van der Waals surface area contributed by atoms with Gasteiger partial charge in [0.1, 0.15) is 0 Å². The monoisotopic (exact) mass is 240 g/mol. The molecule has 1 rings (SSSR count). The van der Waals surface area contributed by atoms with Crippen LogP contribution in [0, 0.1) is 5.92 Å². The van der Waals surface area contributed by atoms with Crippen LogP contribution >= 0.6 is 0 Å². The predicted molar refractivity (Wildman–Crippen MR) is 64.2 cm³/mol. The molecule has 2 unspecified atom stereocenters. The number of urea groups is 1. The second kappa shape index (κ2) is 5.70. The molecule has 1 aliphatic heterocycles. The van der Waals surface area contributed by atoms with Gasteiger partial charge in [-0.1, -0.05) is 20.3 Å². The van der Waals surface area contributed by atoms with Gasteiger partial charge in [-0.15, -0.1) is 0 Å². The van der Waals surface area contributed by atoms with Crippen LogP contribution in [-0.2, 0) is 9.53 Å². The largest absolute Gasteiger partial charge is 0.463 e. The van der Waals surface area contributed by atoms with Gasteiger partial charge in [-0.3, -0.25) is 0 Å². The molecule has 17 heavy (non-hydrogen) atoms. The van der Waals surface area contributed by atoms with E-state index in [4.69, 9.17) is 4.74 Å². The summed E-state index contributed by atoms with van der Waals surface area (Å²) in [6.07, 6.45) is 0.876. The van der Waals surface area contributed by atoms with Crippen LogP contribution < -0.4 is 10.6 Å². The molecule has 1 aliphatic rings. The van der Waals surface area contributed by atoms with E-state index in [0.29, 0.717) is 17.9 Å². The number of esters is 1. The number of carbonyl (C=O) groups excluding carboxylic acids is 2. The molecule has 0 saturated heterocycles. The van der Waals surface area contributed by atoms with Crippen molar-refractivity contribution in [1.82, 2.24) is 10.6 Å². The highest BCUT2D eigenvalue weighted by Gasteiger charge is 2.33. The van der Waals surface area contributed by atoms with Gasteiger partial charge in [0.05, 0.1) is 18.2 Å². The predicted octanol–water partition coefficient (Wildman–Crippen LogP) is 1.55. The minimum atomic E-state index is -0.359. The fraction of sp³-hybridized carbons (Fsp3) is 0.667. The lowest BCUT2D eigenvalue weighted by Gasteiger charge is -2.31. The first-order valence-electron chi connectivity index (χ1n) is 5.96. The van der Waals surface area contributed by atoms with Gasteiger partial charge < -0.3 is 15.4 Å². The standard InChI is InChI=1S/C12H20N2O3/c1-5-7(3)10-9(11(15)17-6-2)8(4)13-12(16)14-10/h7,10H,5-6H2,1-4H3,(H2,13,14,16). The van der Waals surface area contributed by atoms with E-state index in [1.165, 1.54) is 0 Å². The third kappa shape index (κ3) is 2.99. The topological polar surface area (TPSA) is 67.4 Å². The number of carbonyl (C=O) groups is 2. The van der Waals surface area contributed by atoms with E-state index in [9.17, 15) is 9.59 Å². The highest BCUT2D eigenvalue weighted by Crippen LogP contribution is 2.22. The zero-order chi connectivity index (χ0) is 13.0. The Labute approximate surface area is 102 Å². The number of hydrogen-bond donors (Lipinski definition) is 2. The molecule has 0 spiro atoms. The van der Waals surface area contributed by atoms with Crippen LogP contribution in [-0.4, -0.2) is 24.6 Å². The summed E-state index contributed by atoms with van der Waals surface area (Å²) in [5.41, 5.74) is 1.11. The lowest BCUT2D eigenvalue weighted by atomic mass is 9.90. The molecule has 0 aromatic heterocycles. The molecule has 0 aromatic rings. The summed E-state index contributed by atoms with van der Waals surface area (Å²) in [6, 6.07) is -0.534. The number of rotatable bonds is 4. The van der Waals surface area contributed by atoms with E-state index < -0.39 is 0 Å². The molecule has 5 nitrogen and oxygen atoms in total. The lowest BCUT2D eigenvalue weighted by Crippen LogP contribution is -2.52. The third-order valence-corrected chi connectivity index (χ3v) is 3.01. The molecule has 0 saturated carbocycles. The van der Waals surface area contributed by atoms with Crippen LogP contribution in [0.25, 0.3) is 0 Å². The minimum Gasteiger partial charge on any atom is -0.463 e. The van der Waals surface area contributed by atoms with Crippen LogP contribution in [0.2, 0.25) is 0 Å². The van der Waals surface area contributed by atoms with Crippen molar-refractivity contribution in [2.45, 2.75) is 40.2 Å². The quantitative estimate of drug-likeness (QED) is 0.733. The van der Waals surface area contributed by atoms with E-state index >= 15 is 0 Å². The SMILES string of the molecule is CCOC(=O)C1=C(C)NC(=O)NC1C(C)CC. The number of hydrogen-bond acceptors (Lipinski definition) is 3. The Balaban J connectivity index is 3.03. The van der Waals surface area contributed by atoms with Gasteiger partial charge in [-0.25, -0.2) is 9.59 Å². The summed E-state index contributed by atoms with van der Waals surface area (Å²) < 4.78 is 5.02. The second-order valence-electron chi connectivity index (χ2n) is 4.22. The molecule has 0 radical (unpaired) electrons. The fourth-order valence-electron chi connectivity index (χ4n) is 1.87. The molecular weight excluding hydrogens is 220 g/mol. The van der Waals surface area contributed by atoms with Crippen molar-refractivity contribution in [3.05, 3.63) is 11.3 Å². The number of nitrogens with one attached hydrogen (secondary N) is 2. The number of amides is 2. The maximum Gasteiger partial charge on any atom is 0.337 e. The van der Waals surface area contributed by atoms with E-state index in [-0.39, 0.29) is 24.0 Å². The summed E-state index contributed by atoms with van der Waals surface area (Å²) in [5.74, 6) is -0.168. The lowest BCUT2D eigenvalue weighted by molar-refractivity contribution is -0.139. The zero-order valence-corrected chi connectivity index (χ0v) is 10.8. The van der Waals surface area contributed by atoms with Gasteiger partial charge in [0, 0.05) is 5.70 Å². The summed E-state index contributed by atoms with van der Waals surface area (Å²) in [6.45, 7) is 7.85. The Morgan fingerprint density at radius 1 is 1.47 bits per heavy atom. The van der Waals surface area contributed by atoms with Crippen LogP contribution in [0.3, 0.4) is 0 Å². The van der Waals surface area contributed by atoms with Crippen molar-refractivity contribution < 1.29 is 14.3 Å². The van der Waals surface area contributed by atoms with Gasteiger partial charge in [-0.2, -0.15) is 0 Å². The molecule has 96 valence electrons. The van der Waals surface area contributed by atoms with Crippen molar-refractivity contribution in [1.29, 1.82) is 0 Å². The highest BCUT2D eigenvalue weighted by atomic mass is 16.5. The van der Waals surface area contributed by atoms with E-state index in [1.54, 1.807) is 13.8 Å². The third-order valence-electron chi connectivity index (χ3n) is 3.01.